The van der Waals surface area contributed by atoms with Gasteiger partial charge in [-0.3, -0.25) is 19.5 Å². The van der Waals surface area contributed by atoms with E-state index in [9.17, 15) is 14.0 Å². The molecular formula is C13H6Cl2FN3O2. The van der Waals surface area contributed by atoms with Crippen LogP contribution in [0.3, 0.4) is 0 Å². The van der Waals surface area contributed by atoms with Gasteiger partial charge in [-0.05, 0) is 12.1 Å². The Bertz CT molecular complexity index is 765. The van der Waals surface area contributed by atoms with Crippen LogP contribution in [-0.4, -0.2) is 21.7 Å². The Balaban J connectivity index is 2.01. The Morgan fingerprint density at radius 1 is 1.14 bits per heavy atom. The summed E-state index contributed by atoms with van der Waals surface area (Å²) in [6, 6.07) is 2.21. The highest BCUT2D eigenvalue weighted by molar-refractivity contribution is 6.52. The normalized spacial score (nSPS) is 13.8. The van der Waals surface area contributed by atoms with Crippen LogP contribution in [0.15, 0.2) is 24.5 Å². The molecule has 5 nitrogen and oxygen atoms in total. The summed E-state index contributed by atoms with van der Waals surface area (Å²) in [5.74, 6) is -2.19. The lowest BCUT2D eigenvalue weighted by Gasteiger charge is -2.15. The first-order chi connectivity index (χ1) is 9.97. The number of fused-ring (bicyclic) bond motifs is 1. The van der Waals surface area contributed by atoms with E-state index in [0.717, 1.165) is 17.0 Å². The molecular weight excluding hydrogens is 320 g/mol. The average Bonchev–Trinajstić information content (AvgIpc) is 2.67. The first-order valence-electron chi connectivity index (χ1n) is 5.79. The molecule has 1 aliphatic rings. The summed E-state index contributed by atoms with van der Waals surface area (Å²) in [6.07, 6.45) is 2.70. The molecule has 21 heavy (non-hydrogen) atoms. The number of amides is 1. The number of Topliss-reactive ketones (excluding diaryl/α,β-unsaturated/α-hetero) is 1. The molecule has 3 rings (SSSR count). The third kappa shape index (κ3) is 2.36. The van der Waals surface area contributed by atoms with E-state index in [-0.39, 0.29) is 28.0 Å². The quantitative estimate of drug-likeness (QED) is 0.796. The van der Waals surface area contributed by atoms with E-state index >= 15 is 0 Å². The van der Waals surface area contributed by atoms with Gasteiger partial charge in [-0.15, -0.1) is 0 Å². The number of carbonyl (C=O) groups is 2. The molecule has 1 amide bonds. The molecule has 0 spiro atoms. The maximum atomic E-state index is 13.6. The lowest BCUT2D eigenvalue weighted by Crippen LogP contribution is -2.29. The summed E-state index contributed by atoms with van der Waals surface area (Å²) in [4.78, 5) is 32.8. The van der Waals surface area contributed by atoms with Gasteiger partial charge in [0.25, 0.3) is 11.7 Å². The molecule has 8 heteroatoms. The number of carbonyl (C=O) groups excluding carboxylic acids is 2. The van der Waals surface area contributed by atoms with E-state index < -0.39 is 17.5 Å². The Labute approximate surface area is 128 Å². The molecule has 2 heterocycles. The molecule has 0 fully saturated rings. The van der Waals surface area contributed by atoms with Crippen molar-refractivity contribution in [2.24, 2.45) is 0 Å². The van der Waals surface area contributed by atoms with Crippen molar-refractivity contribution in [1.82, 2.24) is 9.97 Å². The van der Waals surface area contributed by atoms with Gasteiger partial charge < -0.3 is 0 Å². The number of nitrogens with zero attached hydrogens (tertiary/aromatic N) is 3. The van der Waals surface area contributed by atoms with Crippen molar-refractivity contribution in [3.63, 3.8) is 0 Å². The molecule has 0 aliphatic carbocycles. The van der Waals surface area contributed by atoms with Crippen molar-refractivity contribution in [2.75, 3.05) is 4.90 Å². The van der Waals surface area contributed by atoms with Crippen molar-refractivity contribution in [3.8, 4) is 0 Å². The summed E-state index contributed by atoms with van der Waals surface area (Å²) in [5.41, 5.74) is 0.667. The van der Waals surface area contributed by atoms with Gasteiger partial charge >= 0.3 is 0 Å². The fourth-order valence-electron chi connectivity index (χ4n) is 2.03. The highest BCUT2D eigenvalue weighted by atomic mass is 35.5. The molecule has 106 valence electrons. The van der Waals surface area contributed by atoms with E-state index in [0.29, 0.717) is 5.69 Å². The minimum atomic E-state index is -0.761. The number of hydrogen-bond acceptors (Lipinski definition) is 4. The van der Waals surface area contributed by atoms with Gasteiger partial charge in [0, 0.05) is 0 Å². The van der Waals surface area contributed by atoms with Crippen LogP contribution in [0.25, 0.3) is 0 Å². The summed E-state index contributed by atoms with van der Waals surface area (Å²) < 4.78 is 13.6. The van der Waals surface area contributed by atoms with Gasteiger partial charge in [0.15, 0.2) is 0 Å². The van der Waals surface area contributed by atoms with Crippen LogP contribution in [0.5, 0.6) is 0 Å². The van der Waals surface area contributed by atoms with Crippen LogP contribution < -0.4 is 4.90 Å². The molecule has 0 atom stereocenters. The van der Waals surface area contributed by atoms with Crippen LogP contribution in [-0.2, 0) is 11.3 Å². The van der Waals surface area contributed by atoms with Gasteiger partial charge in [-0.25, -0.2) is 9.37 Å². The standard InChI is InChI=1S/C13H6Cl2FN3O2/c14-8-1-7-10(2-9(8)16)19(13(21)12(7)20)5-6-3-18-11(15)4-17-6/h1-4H,5H2. The molecule has 1 aliphatic heterocycles. The van der Waals surface area contributed by atoms with Crippen molar-refractivity contribution in [2.45, 2.75) is 6.54 Å². The van der Waals surface area contributed by atoms with Crippen molar-refractivity contribution in [1.29, 1.82) is 0 Å². The lowest BCUT2D eigenvalue weighted by molar-refractivity contribution is -0.114. The molecule has 0 radical (unpaired) electrons. The van der Waals surface area contributed by atoms with E-state index in [2.05, 4.69) is 9.97 Å². The highest BCUT2D eigenvalue weighted by Gasteiger charge is 2.37. The summed E-state index contributed by atoms with van der Waals surface area (Å²) in [5, 5.41) is 0.00355. The van der Waals surface area contributed by atoms with Gasteiger partial charge in [0.2, 0.25) is 0 Å². The fraction of sp³-hybridized carbons (Fsp3) is 0.0769. The minimum Gasteiger partial charge on any atom is -0.299 e. The zero-order chi connectivity index (χ0) is 15.1. The zero-order valence-corrected chi connectivity index (χ0v) is 11.8. The smallest absolute Gasteiger partial charge is 0.299 e. The number of anilines is 1. The molecule has 0 N–H and O–H groups in total. The second-order valence-electron chi connectivity index (χ2n) is 4.33. The minimum absolute atomic E-state index is 0.0111. The molecule has 0 bridgehead atoms. The first kappa shape index (κ1) is 13.9. The molecule has 0 saturated heterocycles. The molecule has 2 aromatic rings. The first-order valence-corrected chi connectivity index (χ1v) is 6.54. The van der Waals surface area contributed by atoms with E-state index in [1.807, 2.05) is 0 Å². The maximum Gasteiger partial charge on any atom is 0.299 e. The highest BCUT2D eigenvalue weighted by Crippen LogP contribution is 2.33. The number of benzene rings is 1. The molecule has 0 unspecified atom stereocenters. The Morgan fingerprint density at radius 3 is 2.57 bits per heavy atom. The largest absolute Gasteiger partial charge is 0.299 e. The van der Waals surface area contributed by atoms with Gasteiger partial charge in [-0.1, -0.05) is 23.2 Å². The van der Waals surface area contributed by atoms with Gasteiger partial charge in [0.1, 0.15) is 11.0 Å². The second-order valence-corrected chi connectivity index (χ2v) is 5.13. The van der Waals surface area contributed by atoms with E-state index in [4.69, 9.17) is 23.2 Å². The van der Waals surface area contributed by atoms with Crippen molar-refractivity contribution >= 4 is 40.6 Å². The Morgan fingerprint density at radius 2 is 1.90 bits per heavy atom. The van der Waals surface area contributed by atoms with Gasteiger partial charge in [-0.2, -0.15) is 0 Å². The van der Waals surface area contributed by atoms with Crippen molar-refractivity contribution < 1.29 is 14.0 Å². The van der Waals surface area contributed by atoms with Crippen LogP contribution in [0.2, 0.25) is 10.2 Å². The number of rotatable bonds is 2. The SMILES string of the molecule is O=C1C(=O)N(Cc2cnc(Cl)cn2)c2cc(F)c(Cl)cc21. The average molecular weight is 326 g/mol. The van der Waals surface area contributed by atoms with Crippen LogP contribution in [0.4, 0.5) is 10.1 Å². The lowest BCUT2D eigenvalue weighted by atomic mass is 10.1. The third-order valence-corrected chi connectivity index (χ3v) is 3.49. The second kappa shape index (κ2) is 5.05. The monoisotopic (exact) mass is 325 g/mol. The molecule has 0 saturated carbocycles. The van der Waals surface area contributed by atoms with Crippen LogP contribution in [0.1, 0.15) is 16.1 Å². The number of hydrogen-bond donors (Lipinski definition) is 0. The predicted octanol–water partition coefficient (Wildman–Crippen LogP) is 2.65. The zero-order valence-electron chi connectivity index (χ0n) is 10.3. The topological polar surface area (TPSA) is 63.2 Å². The summed E-state index contributed by atoms with van der Waals surface area (Å²) in [7, 11) is 0. The fourth-order valence-corrected chi connectivity index (χ4v) is 2.29. The summed E-state index contributed by atoms with van der Waals surface area (Å²) >= 11 is 11.3. The van der Waals surface area contributed by atoms with Crippen LogP contribution in [0, 0.1) is 5.82 Å². The summed E-state index contributed by atoms with van der Waals surface area (Å²) in [6.45, 7) is -0.0111. The number of aromatic nitrogens is 2. The predicted molar refractivity (Wildman–Crippen MR) is 74.0 cm³/mol. The Hall–Kier alpha value is -2.05. The van der Waals surface area contributed by atoms with E-state index in [1.165, 1.54) is 12.4 Å². The van der Waals surface area contributed by atoms with E-state index in [1.54, 1.807) is 0 Å². The number of halogens is 3. The Kier molecular flexibility index (Phi) is 3.35. The van der Waals surface area contributed by atoms with Crippen LogP contribution >= 0.6 is 23.2 Å². The van der Waals surface area contributed by atoms with Crippen molar-refractivity contribution in [3.05, 3.63) is 51.8 Å². The molecule has 1 aromatic heterocycles. The third-order valence-electron chi connectivity index (χ3n) is 3.01. The molecule has 1 aromatic carbocycles. The number of ketones is 1. The van der Waals surface area contributed by atoms with Gasteiger partial charge in [0.05, 0.1) is 40.9 Å². The maximum absolute atomic E-state index is 13.6.